The van der Waals surface area contributed by atoms with Gasteiger partial charge >= 0.3 is 0 Å². The SMILES string of the molecule is COCCNC(=O)[C@@H](C)Sc1ncnc2cc(-c3ccc(F)cc3)sc12. The maximum Gasteiger partial charge on any atom is 0.233 e. The lowest BCUT2D eigenvalue weighted by molar-refractivity contribution is -0.120. The van der Waals surface area contributed by atoms with Crippen molar-refractivity contribution < 1.29 is 13.9 Å². The predicted molar refractivity (Wildman–Crippen MR) is 103 cm³/mol. The molecule has 3 rings (SSSR count). The molecule has 1 N–H and O–H groups in total. The van der Waals surface area contributed by atoms with Crippen LogP contribution in [0.15, 0.2) is 41.7 Å². The van der Waals surface area contributed by atoms with E-state index in [-0.39, 0.29) is 17.0 Å². The van der Waals surface area contributed by atoms with Crippen LogP contribution in [0.2, 0.25) is 0 Å². The minimum Gasteiger partial charge on any atom is -0.383 e. The second-order valence-corrected chi connectivity index (χ2v) is 7.94. The van der Waals surface area contributed by atoms with Crippen molar-refractivity contribution in [3.8, 4) is 10.4 Å². The minimum atomic E-state index is -0.290. The Hall–Kier alpha value is -2.03. The normalized spacial score (nSPS) is 12.3. The van der Waals surface area contributed by atoms with Gasteiger partial charge in [0.05, 0.1) is 22.1 Å². The van der Waals surface area contributed by atoms with Crippen LogP contribution in [-0.4, -0.2) is 41.4 Å². The molecule has 2 aromatic heterocycles. The Kier molecular flexibility index (Phi) is 6.18. The highest BCUT2D eigenvalue weighted by atomic mass is 32.2. The number of hydrogen-bond acceptors (Lipinski definition) is 6. The molecule has 0 aliphatic rings. The number of ether oxygens (including phenoxy) is 1. The number of thiophene rings is 1. The summed E-state index contributed by atoms with van der Waals surface area (Å²) >= 11 is 2.93. The van der Waals surface area contributed by atoms with Crippen LogP contribution < -0.4 is 5.32 Å². The van der Waals surface area contributed by atoms with Crippen LogP contribution in [-0.2, 0) is 9.53 Å². The van der Waals surface area contributed by atoms with Gasteiger partial charge in [-0.15, -0.1) is 11.3 Å². The Morgan fingerprint density at radius 1 is 1.35 bits per heavy atom. The summed E-state index contributed by atoms with van der Waals surface area (Å²) in [6.07, 6.45) is 1.50. The number of carbonyl (C=O) groups excluding carboxylic acids is 1. The van der Waals surface area contributed by atoms with Crippen molar-refractivity contribution in [2.24, 2.45) is 0 Å². The van der Waals surface area contributed by atoms with E-state index in [9.17, 15) is 9.18 Å². The lowest BCUT2D eigenvalue weighted by Gasteiger charge is -2.11. The van der Waals surface area contributed by atoms with Gasteiger partial charge in [-0.1, -0.05) is 23.9 Å². The maximum atomic E-state index is 13.1. The molecule has 5 nitrogen and oxygen atoms in total. The van der Waals surface area contributed by atoms with Gasteiger partial charge in [-0.05, 0) is 30.7 Å². The van der Waals surface area contributed by atoms with Crippen molar-refractivity contribution in [1.29, 1.82) is 0 Å². The van der Waals surface area contributed by atoms with Crippen LogP contribution in [0.4, 0.5) is 4.39 Å². The second-order valence-electron chi connectivity index (χ2n) is 5.55. The number of thioether (sulfide) groups is 1. The lowest BCUT2D eigenvalue weighted by atomic mass is 10.2. The van der Waals surface area contributed by atoms with E-state index in [0.29, 0.717) is 13.2 Å². The van der Waals surface area contributed by atoms with E-state index >= 15 is 0 Å². The first-order valence-electron chi connectivity index (χ1n) is 8.02. The Labute approximate surface area is 159 Å². The van der Waals surface area contributed by atoms with Crippen LogP contribution in [0, 0.1) is 5.82 Å². The summed E-state index contributed by atoms with van der Waals surface area (Å²) in [5.41, 5.74) is 1.74. The van der Waals surface area contributed by atoms with Gasteiger partial charge in [0.25, 0.3) is 0 Å². The fourth-order valence-corrected chi connectivity index (χ4v) is 4.43. The average Bonchev–Trinajstić information content (AvgIpc) is 3.07. The van der Waals surface area contributed by atoms with Crippen molar-refractivity contribution in [3.05, 3.63) is 42.5 Å². The van der Waals surface area contributed by atoms with Crippen LogP contribution in [0.3, 0.4) is 0 Å². The lowest BCUT2D eigenvalue weighted by Crippen LogP contribution is -2.33. The number of fused-ring (bicyclic) bond motifs is 1. The fraction of sp³-hybridized carbons (Fsp3) is 0.278. The number of benzene rings is 1. The molecule has 1 aromatic carbocycles. The van der Waals surface area contributed by atoms with Crippen LogP contribution in [0.25, 0.3) is 20.7 Å². The monoisotopic (exact) mass is 391 g/mol. The number of nitrogens with zero attached hydrogens (tertiary/aromatic N) is 2. The molecule has 136 valence electrons. The number of hydrogen-bond donors (Lipinski definition) is 1. The first-order chi connectivity index (χ1) is 12.6. The Morgan fingerprint density at radius 3 is 2.85 bits per heavy atom. The zero-order valence-corrected chi connectivity index (χ0v) is 16.0. The number of carbonyl (C=O) groups is 1. The van der Waals surface area contributed by atoms with E-state index in [2.05, 4.69) is 15.3 Å². The smallest absolute Gasteiger partial charge is 0.233 e. The van der Waals surface area contributed by atoms with Gasteiger partial charge in [-0.25, -0.2) is 14.4 Å². The van der Waals surface area contributed by atoms with Crippen molar-refractivity contribution >= 4 is 39.2 Å². The van der Waals surface area contributed by atoms with Crippen molar-refractivity contribution in [2.45, 2.75) is 17.2 Å². The summed E-state index contributed by atoms with van der Waals surface area (Å²) in [5.74, 6) is -0.326. The summed E-state index contributed by atoms with van der Waals surface area (Å²) in [6, 6.07) is 8.32. The third-order valence-electron chi connectivity index (χ3n) is 3.67. The maximum absolute atomic E-state index is 13.1. The van der Waals surface area contributed by atoms with Gasteiger partial charge in [0.1, 0.15) is 17.2 Å². The highest BCUT2D eigenvalue weighted by Crippen LogP contribution is 2.37. The van der Waals surface area contributed by atoms with Gasteiger partial charge in [0.15, 0.2) is 0 Å². The van der Waals surface area contributed by atoms with Gasteiger partial charge < -0.3 is 10.1 Å². The molecule has 0 bridgehead atoms. The average molecular weight is 391 g/mol. The molecular weight excluding hydrogens is 373 g/mol. The third kappa shape index (κ3) is 4.38. The number of nitrogens with one attached hydrogen (secondary N) is 1. The third-order valence-corrected chi connectivity index (χ3v) is 6.08. The van der Waals surface area contributed by atoms with Gasteiger partial charge in [0.2, 0.25) is 5.91 Å². The highest BCUT2D eigenvalue weighted by molar-refractivity contribution is 8.00. The summed E-state index contributed by atoms with van der Waals surface area (Å²) < 4.78 is 19.0. The fourth-order valence-electron chi connectivity index (χ4n) is 2.31. The molecule has 0 fully saturated rings. The standard InChI is InChI=1S/C18H18FN3O2S2/c1-11(17(23)20-7-8-24-2)25-18-16-14(21-10-22-18)9-15(26-16)12-3-5-13(19)6-4-12/h3-6,9-11H,7-8H2,1-2H3,(H,20,23)/t11-/m1/s1. The molecule has 1 amide bonds. The van der Waals surface area contributed by atoms with Crippen molar-refractivity contribution in [2.75, 3.05) is 20.3 Å². The van der Waals surface area contributed by atoms with Gasteiger partial charge in [-0.2, -0.15) is 0 Å². The molecular formula is C18H18FN3O2S2. The summed E-state index contributed by atoms with van der Waals surface area (Å²) in [5, 5.41) is 3.30. The first-order valence-corrected chi connectivity index (χ1v) is 9.72. The number of halogens is 1. The molecule has 0 spiro atoms. The Bertz CT molecular complexity index is 899. The van der Waals surface area contributed by atoms with Crippen molar-refractivity contribution in [3.63, 3.8) is 0 Å². The van der Waals surface area contributed by atoms with Crippen LogP contribution in [0.1, 0.15) is 6.92 Å². The molecule has 0 saturated carbocycles. The Morgan fingerprint density at radius 2 is 2.12 bits per heavy atom. The molecule has 1 atom stereocenters. The molecule has 26 heavy (non-hydrogen) atoms. The molecule has 0 aliphatic carbocycles. The van der Waals surface area contributed by atoms with Crippen molar-refractivity contribution in [1.82, 2.24) is 15.3 Å². The minimum absolute atomic E-state index is 0.0610. The number of methoxy groups -OCH3 is 1. The highest BCUT2D eigenvalue weighted by Gasteiger charge is 2.18. The van der Waals surface area contributed by atoms with E-state index in [4.69, 9.17) is 4.74 Å². The van der Waals surface area contributed by atoms with Gasteiger partial charge in [-0.3, -0.25) is 4.79 Å². The molecule has 0 aliphatic heterocycles. The molecule has 0 saturated heterocycles. The van der Waals surface area contributed by atoms with Crippen LogP contribution in [0.5, 0.6) is 0 Å². The predicted octanol–water partition coefficient (Wildman–Crippen LogP) is 3.74. The zero-order chi connectivity index (χ0) is 18.5. The Balaban J connectivity index is 1.81. The molecule has 0 radical (unpaired) electrons. The first kappa shape index (κ1) is 18.8. The number of aromatic nitrogens is 2. The molecule has 0 unspecified atom stereocenters. The van der Waals surface area contributed by atoms with E-state index in [1.807, 2.05) is 13.0 Å². The number of amides is 1. The number of rotatable bonds is 7. The second kappa shape index (κ2) is 8.57. The van der Waals surface area contributed by atoms with Crippen LogP contribution >= 0.6 is 23.1 Å². The summed E-state index contributed by atoms with van der Waals surface area (Å²) in [7, 11) is 1.59. The largest absolute Gasteiger partial charge is 0.383 e. The van der Waals surface area contributed by atoms with E-state index in [1.54, 1.807) is 19.2 Å². The van der Waals surface area contributed by atoms with E-state index in [1.165, 1.54) is 41.6 Å². The molecule has 3 aromatic rings. The van der Waals surface area contributed by atoms with Gasteiger partial charge in [0, 0.05) is 18.5 Å². The van der Waals surface area contributed by atoms with E-state index in [0.717, 1.165) is 25.7 Å². The quantitative estimate of drug-likeness (QED) is 0.378. The van der Waals surface area contributed by atoms with E-state index < -0.39 is 0 Å². The topological polar surface area (TPSA) is 64.1 Å². The molecule has 8 heteroatoms. The summed E-state index contributed by atoms with van der Waals surface area (Å²) in [6.45, 7) is 2.80. The molecule has 2 heterocycles. The zero-order valence-electron chi connectivity index (χ0n) is 14.4. The summed E-state index contributed by atoms with van der Waals surface area (Å²) in [4.78, 5) is 21.8.